The van der Waals surface area contributed by atoms with Gasteiger partial charge in [0.2, 0.25) is 5.95 Å². The van der Waals surface area contributed by atoms with Crippen LogP contribution in [0.3, 0.4) is 0 Å². The maximum absolute atomic E-state index is 12.0. The van der Waals surface area contributed by atoms with Crippen LogP contribution < -0.4 is 15.8 Å². The second kappa shape index (κ2) is 8.38. The van der Waals surface area contributed by atoms with Gasteiger partial charge >= 0.3 is 0 Å². The number of amides is 1. The molecule has 1 aliphatic rings. The van der Waals surface area contributed by atoms with Gasteiger partial charge in [-0.05, 0) is 42.8 Å². The fourth-order valence-corrected chi connectivity index (χ4v) is 4.44. The molecule has 2 aromatic heterocycles. The van der Waals surface area contributed by atoms with Crippen molar-refractivity contribution in [1.29, 1.82) is 0 Å². The Balaban J connectivity index is 1.57. The van der Waals surface area contributed by atoms with Gasteiger partial charge in [0.1, 0.15) is 10.8 Å². The number of benzene rings is 2. The summed E-state index contributed by atoms with van der Waals surface area (Å²) in [5.74, 6) is 1.00. The second-order valence-electron chi connectivity index (χ2n) is 8.09. The van der Waals surface area contributed by atoms with Gasteiger partial charge in [0.15, 0.2) is 5.82 Å². The van der Waals surface area contributed by atoms with Crippen molar-refractivity contribution in [3.05, 3.63) is 70.5 Å². The number of anilines is 2. The third-order valence-electron chi connectivity index (χ3n) is 5.90. The molecular weight excluding hydrogens is 440 g/mol. The lowest BCUT2D eigenvalue weighted by Crippen LogP contribution is -2.26. The van der Waals surface area contributed by atoms with E-state index in [1.165, 1.54) is 17.3 Å². The third kappa shape index (κ3) is 3.88. The van der Waals surface area contributed by atoms with Crippen molar-refractivity contribution in [3.63, 3.8) is 0 Å². The lowest BCUT2D eigenvalue weighted by Gasteiger charge is -2.26. The molecular formula is C24H23ClN6O2. The number of ether oxygens (including phenoxy) is 1. The van der Waals surface area contributed by atoms with E-state index in [1.807, 2.05) is 24.3 Å². The summed E-state index contributed by atoms with van der Waals surface area (Å²) in [4.78, 5) is 23.3. The number of nitrogens with two attached hydrogens (primary N) is 1. The molecule has 0 saturated heterocycles. The molecule has 33 heavy (non-hydrogen) atoms. The minimum absolute atomic E-state index is 0.344. The number of carbonyl (C=O) groups is 1. The predicted octanol–water partition coefficient (Wildman–Crippen LogP) is 3.91. The molecule has 168 valence electrons. The molecule has 0 atom stereocenters. The minimum atomic E-state index is -0.516. The van der Waals surface area contributed by atoms with Crippen LogP contribution >= 0.6 is 11.6 Å². The lowest BCUT2D eigenvalue weighted by molar-refractivity contribution is 0.100. The molecule has 0 spiro atoms. The molecule has 0 aliphatic carbocycles. The van der Waals surface area contributed by atoms with E-state index in [4.69, 9.17) is 22.1 Å². The Hall–Kier alpha value is -3.62. The van der Waals surface area contributed by atoms with Crippen LogP contribution in [-0.4, -0.2) is 46.0 Å². The average molecular weight is 463 g/mol. The summed E-state index contributed by atoms with van der Waals surface area (Å²) in [7, 11) is 3.75. The molecule has 0 bridgehead atoms. The highest BCUT2D eigenvalue weighted by molar-refractivity contribution is 6.32. The van der Waals surface area contributed by atoms with Crippen LogP contribution in [0, 0.1) is 0 Å². The van der Waals surface area contributed by atoms with Gasteiger partial charge in [0, 0.05) is 24.7 Å². The number of methoxy groups -OCH3 is 1. The Bertz CT molecular complexity index is 1380. The van der Waals surface area contributed by atoms with E-state index in [1.54, 1.807) is 17.9 Å². The van der Waals surface area contributed by atoms with Gasteiger partial charge in [0.05, 0.1) is 30.1 Å². The number of carbonyl (C=O) groups excluding carboxylic acids is 1. The minimum Gasteiger partial charge on any atom is -0.495 e. The zero-order valence-corrected chi connectivity index (χ0v) is 19.1. The standard InChI is InChI=1S/C24H23ClN6O2/c1-30-8-7-14-10-21(33-2)19(9-15(14)12-30)28-24-27-11-18(25)23(29-24)31-13-17(22(26)32)16-5-3-4-6-20(16)31/h3-6,9-11,13H,7-8,12H2,1-2H3,(H2,26,32)(H,27,28,29). The molecule has 0 unspecified atom stereocenters. The topological polar surface area (TPSA) is 98.3 Å². The van der Waals surface area contributed by atoms with Gasteiger partial charge in [-0.1, -0.05) is 29.8 Å². The van der Waals surface area contributed by atoms with Crippen LogP contribution in [0.2, 0.25) is 5.02 Å². The summed E-state index contributed by atoms with van der Waals surface area (Å²) in [6.45, 7) is 1.89. The molecule has 2 aromatic carbocycles. The van der Waals surface area contributed by atoms with E-state index in [-0.39, 0.29) is 0 Å². The van der Waals surface area contributed by atoms with Crippen LogP contribution in [0.5, 0.6) is 5.75 Å². The van der Waals surface area contributed by atoms with Crippen LogP contribution in [-0.2, 0) is 13.0 Å². The van der Waals surface area contributed by atoms with E-state index >= 15 is 0 Å². The molecule has 1 amide bonds. The molecule has 0 fully saturated rings. The number of fused-ring (bicyclic) bond motifs is 2. The summed E-state index contributed by atoms with van der Waals surface area (Å²) in [5.41, 5.74) is 10.1. The van der Waals surface area contributed by atoms with E-state index in [2.05, 4.69) is 39.4 Å². The molecule has 0 radical (unpaired) electrons. The van der Waals surface area contributed by atoms with E-state index in [0.717, 1.165) is 41.9 Å². The summed E-state index contributed by atoms with van der Waals surface area (Å²) in [6.07, 6.45) is 4.16. The van der Waals surface area contributed by atoms with Crippen molar-refractivity contribution in [2.24, 2.45) is 5.73 Å². The Kier molecular flexibility index (Phi) is 5.39. The van der Waals surface area contributed by atoms with Crippen molar-refractivity contribution >= 4 is 40.0 Å². The van der Waals surface area contributed by atoms with Gasteiger partial charge in [-0.2, -0.15) is 4.98 Å². The third-order valence-corrected chi connectivity index (χ3v) is 6.17. The number of halogens is 1. The first kappa shape index (κ1) is 21.2. The van der Waals surface area contributed by atoms with Crippen molar-refractivity contribution in [2.75, 3.05) is 26.0 Å². The zero-order chi connectivity index (χ0) is 23.1. The van der Waals surface area contributed by atoms with Crippen molar-refractivity contribution in [2.45, 2.75) is 13.0 Å². The molecule has 4 aromatic rings. The SMILES string of the molecule is COc1cc2c(cc1Nc1ncc(Cl)c(-n3cc(C(N)=O)c4ccccc43)n1)CN(C)CC2. The fraction of sp³-hybridized carbons (Fsp3) is 0.208. The highest BCUT2D eigenvalue weighted by Gasteiger charge is 2.19. The Morgan fingerprint density at radius 1 is 1.24 bits per heavy atom. The lowest BCUT2D eigenvalue weighted by atomic mass is 9.99. The first-order valence-electron chi connectivity index (χ1n) is 10.5. The summed E-state index contributed by atoms with van der Waals surface area (Å²) < 4.78 is 7.38. The van der Waals surface area contributed by atoms with Crippen LogP contribution in [0.15, 0.2) is 48.8 Å². The molecule has 8 nitrogen and oxygen atoms in total. The van der Waals surface area contributed by atoms with Crippen molar-refractivity contribution in [3.8, 4) is 11.6 Å². The maximum Gasteiger partial charge on any atom is 0.250 e. The smallest absolute Gasteiger partial charge is 0.250 e. The molecule has 3 heterocycles. The number of hydrogen-bond acceptors (Lipinski definition) is 6. The van der Waals surface area contributed by atoms with Gasteiger partial charge in [0.25, 0.3) is 5.91 Å². The van der Waals surface area contributed by atoms with Crippen molar-refractivity contribution < 1.29 is 9.53 Å². The Morgan fingerprint density at radius 3 is 2.85 bits per heavy atom. The number of nitrogens with one attached hydrogen (secondary N) is 1. The number of rotatable bonds is 5. The van der Waals surface area contributed by atoms with Gasteiger partial charge in [-0.15, -0.1) is 0 Å². The second-order valence-corrected chi connectivity index (χ2v) is 8.50. The monoisotopic (exact) mass is 462 g/mol. The molecule has 5 rings (SSSR count). The van der Waals surface area contributed by atoms with Crippen LogP contribution in [0.4, 0.5) is 11.6 Å². The van der Waals surface area contributed by atoms with Crippen LogP contribution in [0.25, 0.3) is 16.7 Å². The van der Waals surface area contributed by atoms with Gasteiger partial charge in [-0.3, -0.25) is 9.36 Å². The summed E-state index contributed by atoms with van der Waals surface area (Å²) in [5, 5.41) is 4.35. The maximum atomic E-state index is 12.0. The number of nitrogens with zero attached hydrogens (tertiary/aromatic N) is 4. The molecule has 1 aliphatic heterocycles. The first-order chi connectivity index (χ1) is 15.9. The quantitative estimate of drug-likeness (QED) is 0.466. The largest absolute Gasteiger partial charge is 0.495 e. The fourth-order valence-electron chi connectivity index (χ4n) is 4.25. The van der Waals surface area contributed by atoms with Gasteiger partial charge in [-0.25, -0.2) is 4.98 Å². The van der Waals surface area contributed by atoms with E-state index in [0.29, 0.717) is 22.4 Å². The van der Waals surface area contributed by atoms with E-state index < -0.39 is 5.91 Å². The Labute approximate surface area is 195 Å². The van der Waals surface area contributed by atoms with Crippen LogP contribution in [0.1, 0.15) is 21.5 Å². The zero-order valence-electron chi connectivity index (χ0n) is 18.3. The molecule has 0 saturated carbocycles. The summed E-state index contributed by atoms with van der Waals surface area (Å²) >= 11 is 6.47. The molecule has 9 heteroatoms. The highest BCUT2D eigenvalue weighted by Crippen LogP contribution is 2.34. The Morgan fingerprint density at radius 2 is 2.06 bits per heavy atom. The number of aromatic nitrogens is 3. The number of para-hydroxylation sites is 1. The average Bonchev–Trinajstić information content (AvgIpc) is 3.20. The first-order valence-corrected chi connectivity index (χ1v) is 10.9. The van der Waals surface area contributed by atoms with Crippen molar-refractivity contribution in [1.82, 2.24) is 19.4 Å². The summed E-state index contributed by atoms with van der Waals surface area (Å²) in [6, 6.07) is 11.6. The normalized spacial score (nSPS) is 13.7. The highest BCUT2D eigenvalue weighted by atomic mass is 35.5. The number of primary amides is 1. The van der Waals surface area contributed by atoms with Gasteiger partial charge < -0.3 is 20.7 Å². The van der Waals surface area contributed by atoms with E-state index in [9.17, 15) is 4.79 Å². The predicted molar refractivity (Wildman–Crippen MR) is 129 cm³/mol. The number of likely N-dealkylation sites (N-methyl/N-ethyl adjacent to an activating group) is 1. The molecule has 3 N–H and O–H groups in total. The number of hydrogen-bond donors (Lipinski definition) is 2.